The lowest BCUT2D eigenvalue weighted by molar-refractivity contribution is 1.17. The molecule has 0 aromatic heterocycles. The molecule has 12 aromatic rings. The van der Waals surface area contributed by atoms with E-state index in [9.17, 15) is 0 Å². The molecule has 0 N–H and O–H groups in total. The van der Waals surface area contributed by atoms with Crippen LogP contribution in [0.4, 0.5) is 34.1 Å². The van der Waals surface area contributed by atoms with Crippen LogP contribution in [0.3, 0.4) is 0 Å². The zero-order valence-electron chi connectivity index (χ0n) is 39.1. The Morgan fingerprint density at radius 2 is 0.583 bits per heavy atom. The van der Waals surface area contributed by atoms with Gasteiger partial charge < -0.3 is 9.80 Å². The second kappa shape index (κ2) is 17.7. The molecule has 2 nitrogen and oxygen atoms in total. The van der Waals surface area contributed by atoms with Crippen LogP contribution < -0.4 is 9.80 Å². The third kappa shape index (κ3) is 7.13. The summed E-state index contributed by atoms with van der Waals surface area (Å²) in [6, 6.07) is 97.9. The number of fused-ring (bicyclic) bond motifs is 6. The van der Waals surface area contributed by atoms with Crippen molar-refractivity contribution in [3.63, 3.8) is 0 Å². The minimum atomic E-state index is 1.16. The fraction of sp³-hybridized carbons (Fsp3) is 0. The van der Waals surface area contributed by atoms with Crippen molar-refractivity contribution in [2.24, 2.45) is 0 Å². The van der Waals surface area contributed by atoms with Crippen LogP contribution in [0.5, 0.6) is 0 Å². The Labute approximate surface area is 428 Å². The van der Waals surface area contributed by atoms with Gasteiger partial charge in [0.1, 0.15) is 0 Å². The fourth-order valence-corrected chi connectivity index (χ4v) is 13.3. The molecule has 0 unspecified atom stereocenters. The largest absolute Gasteiger partial charge is 0.308 e. The van der Waals surface area contributed by atoms with Gasteiger partial charge in [-0.2, -0.15) is 0 Å². The molecule has 0 bridgehead atoms. The van der Waals surface area contributed by atoms with Crippen LogP contribution in [-0.4, -0.2) is 0 Å². The van der Waals surface area contributed by atoms with Gasteiger partial charge in [0, 0.05) is 31.0 Å². The van der Waals surface area contributed by atoms with E-state index < -0.39 is 0 Å². The number of para-hydroxylation sites is 4. The summed E-state index contributed by atoms with van der Waals surface area (Å²) in [5.41, 5.74) is 19.3. The fourth-order valence-electron chi connectivity index (χ4n) is 11.0. The van der Waals surface area contributed by atoms with Crippen molar-refractivity contribution in [2.45, 2.75) is 19.6 Å². The van der Waals surface area contributed by atoms with Crippen LogP contribution in [0, 0.1) is 0 Å². The van der Waals surface area contributed by atoms with E-state index in [2.05, 4.69) is 277 Å². The zero-order valence-corrected chi connectivity index (χ0v) is 40.7. The molecular formula is C68H44N2S2. The topological polar surface area (TPSA) is 6.48 Å². The summed E-state index contributed by atoms with van der Waals surface area (Å²) in [6.45, 7) is 0. The first-order chi connectivity index (χ1) is 35.7. The lowest BCUT2D eigenvalue weighted by Gasteiger charge is -2.34. The van der Waals surface area contributed by atoms with Gasteiger partial charge in [0.15, 0.2) is 0 Å². The van der Waals surface area contributed by atoms with E-state index in [1.807, 2.05) is 23.5 Å². The quantitative estimate of drug-likeness (QED) is 0.147. The lowest BCUT2D eigenvalue weighted by atomic mass is 9.86. The van der Waals surface area contributed by atoms with Crippen molar-refractivity contribution in [3.05, 3.63) is 267 Å². The van der Waals surface area contributed by atoms with Crippen molar-refractivity contribution in [3.8, 4) is 55.6 Å². The van der Waals surface area contributed by atoms with Crippen LogP contribution in [0.15, 0.2) is 287 Å². The van der Waals surface area contributed by atoms with Crippen molar-refractivity contribution in [1.82, 2.24) is 0 Å². The summed E-state index contributed by atoms with van der Waals surface area (Å²) in [5.74, 6) is 0. The molecule has 12 aromatic carbocycles. The maximum absolute atomic E-state index is 2.45. The van der Waals surface area contributed by atoms with E-state index in [1.165, 1.54) is 120 Å². The Morgan fingerprint density at radius 1 is 0.236 bits per heavy atom. The first-order valence-electron chi connectivity index (χ1n) is 24.5. The second-order valence-corrected chi connectivity index (χ2v) is 20.5. The van der Waals surface area contributed by atoms with E-state index in [-0.39, 0.29) is 0 Å². The maximum atomic E-state index is 2.45. The van der Waals surface area contributed by atoms with E-state index in [4.69, 9.17) is 0 Å². The van der Waals surface area contributed by atoms with Gasteiger partial charge >= 0.3 is 0 Å². The summed E-state index contributed by atoms with van der Waals surface area (Å²) in [4.78, 5) is 9.84. The lowest BCUT2D eigenvalue weighted by Crippen LogP contribution is -2.15. The molecule has 2 aliphatic heterocycles. The van der Waals surface area contributed by atoms with Crippen molar-refractivity contribution in [1.29, 1.82) is 0 Å². The highest BCUT2D eigenvalue weighted by atomic mass is 32.2. The number of benzene rings is 12. The van der Waals surface area contributed by atoms with E-state index in [1.54, 1.807) is 0 Å². The molecule has 72 heavy (non-hydrogen) atoms. The summed E-state index contributed by atoms with van der Waals surface area (Å²) in [7, 11) is 0. The van der Waals surface area contributed by atoms with E-state index in [0.717, 1.165) is 11.4 Å². The zero-order chi connectivity index (χ0) is 47.5. The summed E-state index contributed by atoms with van der Waals surface area (Å²) < 4.78 is 0. The molecule has 0 aliphatic carbocycles. The van der Waals surface area contributed by atoms with Gasteiger partial charge in [-0.1, -0.05) is 224 Å². The molecular weight excluding hydrogens is 909 g/mol. The molecule has 4 heteroatoms. The molecule has 2 heterocycles. The van der Waals surface area contributed by atoms with E-state index >= 15 is 0 Å². The average molecular weight is 953 g/mol. The van der Waals surface area contributed by atoms with Crippen LogP contribution in [0.25, 0.3) is 77.2 Å². The van der Waals surface area contributed by atoms with Gasteiger partial charge in [-0.25, -0.2) is 0 Å². The van der Waals surface area contributed by atoms with Gasteiger partial charge in [-0.3, -0.25) is 0 Å². The molecule has 0 amide bonds. The third-order valence-corrected chi connectivity index (χ3v) is 16.6. The van der Waals surface area contributed by atoms with Gasteiger partial charge in [0.2, 0.25) is 0 Å². The first kappa shape index (κ1) is 42.3. The average Bonchev–Trinajstić information content (AvgIpc) is 3.45. The highest BCUT2D eigenvalue weighted by Gasteiger charge is 2.29. The van der Waals surface area contributed by atoms with Gasteiger partial charge in [-0.15, -0.1) is 0 Å². The highest BCUT2D eigenvalue weighted by Crippen LogP contribution is 2.56. The number of anilines is 6. The van der Waals surface area contributed by atoms with Crippen molar-refractivity contribution < 1.29 is 0 Å². The van der Waals surface area contributed by atoms with Gasteiger partial charge in [-0.05, 0) is 144 Å². The SMILES string of the molecule is c1ccc(-c2c3cccc(-c4ccc(-c5cccc6c5Sc5ccccc5N6c5ccccc5)cc4)c3cc3c(-c4ccc(-c5cccc6c5Sc5ccccc5N6c5ccccc5)cc4)cccc23)cc1. The molecule has 2 aliphatic rings. The monoisotopic (exact) mass is 952 g/mol. The number of rotatable bonds is 7. The van der Waals surface area contributed by atoms with Crippen LogP contribution in [0.2, 0.25) is 0 Å². The minimum absolute atomic E-state index is 1.16. The number of nitrogens with zero attached hydrogens (tertiary/aromatic N) is 2. The molecule has 0 radical (unpaired) electrons. The Hall–Kier alpha value is -8.54. The van der Waals surface area contributed by atoms with E-state index in [0.29, 0.717) is 0 Å². The molecule has 338 valence electrons. The molecule has 0 saturated heterocycles. The van der Waals surface area contributed by atoms with Crippen molar-refractivity contribution in [2.75, 3.05) is 9.80 Å². The number of hydrogen-bond donors (Lipinski definition) is 0. The predicted octanol–water partition coefficient (Wildman–Crippen LogP) is 20.2. The number of hydrogen-bond acceptors (Lipinski definition) is 4. The van der Waals surface area contributed by atoms with Crippen LogP contribution in [-0.2, 0) is 0 Å². The predicted molar refractivity (Wildman–Crippen MR) is 306 cm³/mol. The Kier molecular flexibility index (Phi) is 10.4. The van der Waals surface area contributed by atoms with Gasteiger partial charge in [0.25, 0.3) is 0 Å². The first-order valence-corrected chi connectivity index (χ1v) is 26.1. The van der Waals surface area contributed by atoms with Crippen LogP contribution in [0.1, 0.15) is 0 Å². The molecule has 14 rings (SSSR count). The summed E-state index contributed by atoms with van der Waals surface area (Å²) in [6.07, 6.45) is 0. The van der Waals surface area contributed by atoms with Crippen LogP contribution >= 0.6 is 23.5 Å². The third-order valence-electron chi connectivity index (χ3n) is 14.3. The summed E-state index contributed by atoms with van der Waals surface area (Å²) in [5, 5.41) is 4.96. The Bertz CT molecular complexity index is 3780. The maximum Gasteiger partial charge on any atom is 0.0607 e. The van der Waals surface area contributed by atoms with Gasteiger partial charge in [0.05, 0.1) is 22.7 Å². The highest BCUT2D eigenvalue weighted by molar-refractivity contribution is 8.00. The minimum Gasteiger partial charge on any atom is -0.308 e. The smallest absolute Gasteiger partial charge is 0.0607 e. The summed E-state index contributed by atoms with van der Waals surface area (Å²) >= 11 is 3.72. The molecule has 0 spiro atoms. The molecule has 0 atom stereocenters. The Balaban J connectivity index is 0.867. The van der Waals surface area contributed by atoms with Crippen molar-refractivity contribution >= 4 is 79.2 Å². The second-order valence-electron chi connectivity index (χ2n) is 18.4. The Morgan fingerprint density at radius 3 is 1.03 bits per heavy atom. The normalized spacial score (nSPS) is 12.6. The molecule has 0 fully saturated rings. The molecule has 0 saturated carbocycles. The standard InChI is InChI=1S/C68H44N2S2/c1-4-18-49(19-5-1)66-56-28-14-24-52(45-36-40-47(41-37-45)54-26-16-32-62-67(54)71-64-34-12-10-30-60(64)69(62)50-20-6-2-7-21-50)58(56)44-59-53(25-15-29-57(59)66)46-38-42-48(43-39-46)55-27-17-33-63-68(55)72-65-35-13-11-31-61(65)70(63)51-22-8-3-9-23-51/h1-44H.